The first-order valence-corrected chi connectivity index (χ1v) is 9.99. The summed E-state index contributed by atoms with van der Waals surface area (Å²) in [4.78, 5) is 19.3. The Balaban J connectivity index is 1.82. The van der Waals surface area contributed by atoms with E-state index in [0.717, 1.165) is 22.1 Å². The number of hydrogen-bond acceptors (Lipinski definition) is 4. The number of amides is 1. The second kappa shape index (κ2) is 9.25. The van der Waals surface area contributed by atoms with Gasteiger partial charge >= 0.3 is 0 Å². The summed E-state index contributed by atoms with van der Waals surface area (Å²) >= 11 is 1.42. The van der Waals surface area contributed by atoms with E-state index in [1.807, 2.05) is 66.2 Å². The molecular formula is C22H22N4OS. The van der Waals surface area contributed by atoms with Crippen LogP contribution >= 0.6 is 11.8 Å². The third-order valence-corrected chi connectivity index (χ3v) is 5.46. The summed E-state index contributed by atoms with van der Waals surface area (Å²) in [6, 6.07) is 19.7. The third kappa shape index (κ3) is 4.44. The van der Waals surface area contributed by atoms with Crippen molar-refractivity contribution in [2.45, 2.75) is 30.7 Å². The van der Waals surface area contributed by atoms with E-state index in [4.69, 9.17) is 5.26 Å². The molecular weight excluding hydrogens is 368 g/mol. The van der Waals surface area contributed by atoms with Gasteiger partial charge in [0.2, 0.25) is 5.91 Å². The van der Waals surface area contributed by atoms with E-state index in [1.165, 1.54) is 11.8 Å². The maximum Gasteiger partial charge on any atom is 0.240 e. The second-order valence-corrected chi connectivity index (χ2v) is 7.67. The molecule has 1 atom stereocenters. The van der Waals surface area contributed by atoms with Crippen LogP contribution in [0.15, 0.2) is 72.1 Å². The van der Waals surface area contributed by atoms with Crippen molar-refractivity contribution in [3.8, 4) is 11.8 Å². The number of nitriles is 1. The smallest absolute Gasteiger partial charge is 0.240 e. The molecule has 0 aliphatic rings. The van der Waals surface area contributed by atoms with Gasteiger partial charge in [-0.1, -0.05) is 48.2 Å². The highest BCUT2D eigenvalue weighted by Gasteiger charge is 2.24. The summed E-state index contributed by atoms with van der Waals surface area (Å²) < 4.78 is 2.01. The van der Waals surface area contributed by atoms with E-state index in [2.05, 4.69) is 24.0 Å². The highest BCUT2D eigenvalue weighted by atomic mass is 32.2. The van der Waals surface area contributed by atoms with Gasteiger partial charge in [0.05, 0.1) is 23.4 Å². The number of hydrogen-bond donors (Lipinski definition) is 0. The largest absolute Gasteiger partial charge is 0.310 e. The summed E-state index contributed by atoms with van der Waals surface area (Å²) in [7, 11) is 0. The minimum absolute atomic E-state index is 0.0363. The number of anilines is 1. The van der Waals surface area contributed by atoms with Crippen molar-refractivity contribution < 1.29 is 4.79 Å². The lowest BCUT2D eigenvalue weighted by molar-refractivity contribution is -0.117. The van der Waals surface area contributed by atoms with Crippen LogP contribution in [-0.4, -0.2) is 27.3 Å². The number of carbonyl (C=O) groups excluding carboxylic acids is 1. The Hall–Kier alpha value is -3.04. The van der Waals surface area contributed by atoms with E-state index >= 15 is 0 Å². The molecule has 6 heteroatoms. The first-order chi connectivity index (χ1) is 13.6. The van der Waals surface area contributed by atoms with Crippen molar-refractivity contribution >= 4 is 23.4 Å². The zero-order chi connectivity index (χ0) is 19.9. The molecule has 0 bridgehead atoms. The molecule has 3 rings (SSSR count). The molecule has 0 saturated carbocycles. The maximum atomic E-state index is 13.1. The predicted molar refractivity (Wildman–Crippen MR) is 113 cm³/mol. The summed E-state index contributed by atoms with van der Waals surface area (Å²) in [6.45, 7) is 4.31. The van der Waals surface area contributed by atoms with Gasteiger partial charge in [0.1, 0.15) is 0 Å². The van der Waals surface area contributed by atoms with Crippen LogP contribution in [0.1, 0.15) is 18.9 Å². The van der Waals surface area contributed by atoms with Crippen molar-refractivity contribution in [3.05, 3.63) is 72.6 Å². The van der Waals surface area contributed by atoms with Crippen molar-refractivity contribution in [2.75, 3.05) is 11.4 Å². The topological polar surface area (TPSA) is 61.9 Å². The zero-order valence-corrected chi connectivity index (χ0v) is 16.8. The summed E-state index contributed by atoms with van der Waals surface area (Å²) in [5.41, 5.74) is 2.99. The van der Waals surface area contributed by atoms with Crippen LogP contribution in [0.5, 0.6) is 0 Å². The quantitative estimate of drug-likeness (QED) is 0.553. The van der Waals surface area contributed by atoms with Gasteiger partial charge in [-0.15, -0.1) is 0 Å². The summed E-state index contributed by atoms with van der Waals surface area (Å²) in [5.74, 6) is -0.0363. The molecule has 28 heavy (non-hydrogen) atoms. The molecule has 1 aromatic heterocycles. The SMILES string of the molecule is Cc1ccccc1-n1ccnc1SC(C)C(=O)N(CCC#N)c1ccccc1. The van der Waals surface area contributed by atoms with E-state index in [-0.39, 0.29) is 17.6 Å². The third-order valence-electron chi connectivity index (χ3n) is 4.39. The van der Waals surface area contributed by atoms with E-state index < -0.39 is 0 Å². The Bertz CT molecular complexity index is 977. The molecule has 0 aliphatic heterocycles. The van der Waals surface area contributed by atoms with Crippen LogP contribution in [0.25, 0.3) is 5.69 Å². The van der Waals surface area contributed by atoms with Crippen LogP contribution in [0.3, 0.4) is 0 Å². The molecule has 0 N–H and O–H groups in total. The van der Waals surface area contributed by atoms with Crippen LogP contribution in [0.4, 0.5) is 5.69 Å². The predicted octanol–water partition coefficient (Wildman–Crippen LogP) is 4.61. The lowest BCUT2D eigenvalue weighted by Crippen LogP contribution is -2.37. The Morgan fingerprint density at radius 3 is 2.64 bits per heavy atom. The molecule has 0 saturated heterocycles. The number of carbonyl (C=O) groups is 1. The lowest BCUT2D eigenvalue weighted by Gasteiger charge is -2.25. The van der Waals surface area contributed by atoms with Gasteiger partial charge in [-0.05, 0) is 37.6 Å². The molecule has 0 radical (unpaired) electrons. The van der Waals surface area contributed by atoms with Gasteiger partial charge in [-0.2, -0.15) is 5.26 Å². The molecule has 3 aromatic rings. The highest BCUT2D eigenvalue weighted by Crippen LogP contribution is 2.28. The van der Waals surface area contributed by atoms with Gasteiger partial charge < -0.3 is 4.90 Å². The van der Waals surface area contributed by atoms with Gasteiger partial charge in [-0.3, -0.25) is 9.36 Å². The zero-order valence-electron chi connectivity index (χ0n) is 15.9. The van der Waals surface area contributed by atoms with Crippen molar-refractivity contribution in [1.29, 1.82) is 5.26 Å². The van der Waals surface area contributed by atoms with Gasteiger partial charge in [0.15, 0.2) is 5.16 Å². The van der Waals surface area contributed by atoms with E-state index in [1.54, 1.807) is 11.1 Å². The fourth-order valence-corrected chi connectivity index (χ4v) is 3.90. The molecule has 0 spiro atoms. The molecule has 2 aromatic carbocycles. The number of benzene rings is 2. The molecule has 5 nitrogen and oxygen atoms in total. The lowest BCUT2D eigenvalue weighted by atomic mass is 10.2. The minimum atomic E-state index is -0.343. The van der Waals surface area contributed by atoms with Crippen molar-refractivity contribution in [1.82, 2.24) is 9.55 Å². The van der Waals surface area contributed by atoms with Crippen LogP contribution < -0.4 is 4.90 Å². The molecule has 142 valence electrons. The molecule has 1 heterocycles. The summed E-state index contributed by atoms with van der Waals surface area (Å²) in [5, 5.41) is 9.40. The Kier molecular flexibility index (Phi) is 6.51. The average Bonchev–Trinajstić information content (AvgIpc) is 3.17. The molecule has 0 aliphatic carbocycles. The fourth-order valence-electron chi connectivity index (χ4n) is 2.96. The number of aromatic nitrogens is 2. The molecule has 0 fully saturated rings. The first-order valence-electron chi connectivity index (χ1n) is 9.11. The number of aryl methyl sites for hydroxylation is 1. The molecule has 1 amide bonds. The van der Waals surface area contributed by atoms with Crippen molar-refractivity contribution in [3.63, 3.8) is 0 Å². The maximum absolute atomic E-state index is 13.1. The van der Waals surface area contributed by atoms with Crippen LogP contribution in [0, 0.1) is 18.3 Å². The minimum Gasteiger partial charge on any atom is -0.310 e. The monoisotopic (exact) mass is 390 g/mol. The van der Waals surface area contributed by atoms with Crippen LogP contribution in [-0.2, 0) is 4.79 Å². The number of nitrogens with zero attached hydrogens (tertiary/aromatic N) is 4. The standard InChI is InChI=1S/C22H22N4OS/c1-17-9-6-7-12-20(17)26-16-14-24-22(26)28-18(2)21(27)25(15-8-13-23)19-10-4-3-5-11-19/h3-7,9-12,14,16,18H,8,15H2,1-2H3. The first kappa shape index (κ1) is 19.7. The van der Waals surface area contributed by atoms with Gasteiger partial charge in [-0.25, -0.2) is 4.98 Å². The van der Waals surface area contributed by atoms with Crippen LogP contribution in [0.2, 0.25) is 0 Å². The van der Waals surface area contributed by atoms with E-state index in [0.29, 0.717) is 6.54 Å². The van der Waals surface area contributed by atoms with Crippen molar-refractivity contribution in [2.24, 2.45) is 0 Å². The number of thioether (sulfide) groups is 1. The Morgan fingerprint density at radius 2 is 1.93 bits per heavy atom. The second-order valence-electron chi connectivity index (χ2n) is 6.36. The number of imidazole rings is 1. The Morgan fingerprint density at radius 1 is 1.21 bits per heavy atom. The average molecular weight is 391 g/mol. The van der Waals surface area contributed by atoms with Gasteiger partial charge in [0, 0.05) is 24.6 Å². The number of rotatable bonds is 7. The van der Waals surface area contributed by atoms with Gasteiger partial charge in [0.25, 0.3) is 0 Å². The Labute approximate surface area is 169 Å². The normalized spacial score (nSPS) is 11.6. The van der Waals surface area contributed by atoms with E-state index in [9.17, 15) is 4.79 Å². The molecule has 1 unspecified atom stereocenters. The fraction of sp³-hybridized carbons (Fsp3) is 0.227. The highest BCUT2D eigenvalue weighted by molar-refractivity contribution is 8.00. The number of para-hydroxylation sites is 2. The summed E-state index contributed by atoms with van der Waals surface area (Å²) in [6.07, 6.45) is 3.94.